The van der Waals surface area contributed by atoms with Crippen molar-refractivity contribution in [2.75, 3.05) is 25.4 Å². The summed E-state index contributed by atoms with van der Waals surface area (Å²) in [7, 11) is 0. The summed E-state index contributed by atoms with van der Waals surface area (Å²) >= 11 is 0. The zero-order chi connectivity index (χ0) is 10.7. The number of phenols is 1. The molecule has 0 spiro atoms. The molecule has 2 rings (SSSR count). The zero-order valence-electron chi connectivity index (χ0n) is 8.95. The van der Waals surface area contributed by atoms with E-state index >= 15 is 0 Å². The van der Waals surface area contributed by atoms with Crippen molar-refractivity contribution < 1.29 is 5.11 Å². The molecular weight excluding hydrogens is 188 g/mol. The topological polar surface area (TPSA) is 49.5 Å². The molecule has 3 N–H and O–H groups in total. The van der Waals surface area contributed by atoms with Crippen molar-refractivity contribution in [3.05, 3.63) is 23.8 Å². The number of phenolic OH excluding ortho intramolecular Hbond substituents is 1. The molecular formula is C12H18N2O. The van der Waals surface area contributed by atoms with Crippen LogP contribution in [0.15, 0.2) is 18.2 Å². The summed E-state index contributed by atoms with van der Waals surface area (Å²) in [5.74, 6) is 0.328. The van der Waals surface area contributed by atoms with Gasteiger partial charge in [0.2, 0.25) is 0 Å². The molecule has 0 radical (unpaired) electrons. The first-order valence-electron chi connectivity index (χ1n) is 5.56. The fourth-order valence-corrected chi connectivity index (χ4v) is 2.14. The second-order valence-corrected chi connectivity index (χ2v) is 4.14. The smallest absolute Gasteiger partial charge is 0.120 e. The summed E-state index contributed by atoms with van der Waals surface area (Å²) < 4.78 is 0. The second-order valence-electron chi connectivity index (χ2n) is 4.14. The average molecular weight is 206 g/mol. The van der Waals surface area contributed by atoms with Crippen molar-refractivity contribution >= 4 is 5.69 Å². The van der Waals surface area contributed by atoms with Gasteiger partial charge in [-0.1, -0.05) is 6.07 Å². The highest BCUT2D eigenvalue weighted by molar-refractivity contribution is 5.53. The predicted octanol–water partition coefficient (Wildman–Crippen LogP) is 1.61. The molecule has 1 saturated heterocycles. The number of nitrogens with two attached hydrogens (primary N) is 1. The molecule has 1 fully saturated rings. The molecule has 1 aliphatic heterocycles. The Kier molecular flexibility index (Phi) is 3.11. The minimum Gasteiger partial charge on any atom is -0.508 e. The lowest BCUT2D eigenvalue weighted by atomic mass is 10.1. The molecule has 0 atom stereocenters. The Morgan fingerprint density at radius 1 is 1.27 bits per heavy atom. The third-order valence-electron chi connectivity index (χ3n) is 3.06. The lowest BCUT2D eigenvalue weighted by molar-refractivity contribution is 0.341. The van der Waals surface area contributed by atoms with Crippen molar-refractivity contribution in [3.63, 3.8) is 0 Å². The van der Waals surface area contributed by atoms with E-state index in [2.05, 4.69) is 4.90 Å². The van der Waals surface area contributed by atoms with Crippen LogP contribution in [-0.2, 0) is 6.42 Å². The summed E-state index contributed by atoms with van der Waals surface area (Å²) in [5, 5.41) is 9.67. The third kappa shape index (κ3) is 2.42. The van der Waals surface area contributed by atoms with Gasteiger partial charge in [-0.15, -0.1) is 0 Å². The molecule has 82 valence electrons. The van der Waals surface area contributed by atoms with Crippen molar-refractivity contribution in [1.82, 2.24) is 4.90 Å². The average Bonchev–Trinajstić information content (AvgIpc) is 2.70. The van der Waals surface area contributed by atoms with E-state index < -0.39 is 0 Å². The Hall–Kier alpha value is -1.22. The van der Waals surface area contributed by atoms with E-state index in [0.29, 0.717) is 11.4 Å². The van der Waals surface area contributed by atoms with Crippen LogP contribution in [0.1, 0.15) is 18.4 Å². The van der Waals surface area contributed by atoms with Crippen LogP contribution in [0.3, 0.4) is 0 Å². The Morgan fingerprint density at radius 2 is 2.00 bits per heavy atom. The maximum atomic E-state index is 9.67. The van der Waals surface area contributed by atoms with E-state index in [1.165, 1.54) is 25.9 Å². The quantitative estimate of drug-likeness (QED) is 0.739. The number of likely N-dealkylation sites (tertiary alicyclic amines) is 1. The van der Waals surface area contributed by atoms with Crippen molar-refractivity contribution in [2.45, 2.75) is 19.3 Å². The number of nitrogens with zero attached hydrogens (tertiary/aromatic N) is 1. The van der Waals surface area contributed by atoms with Crippen LogP contribution in [-0.4, -0.2) is 29.6 Å². The van der Waals surface area contributed by atoms with Gasteiger partial charge in [-0.05, 0) is 44.5 Å². The minimum atomic E-state index is 0.328. The van der Waals surface area contributed by atoms with Crippen molar-refractivity contribution in [1.29, 1.82) is 0 Å². The maximum absolute atomic E-state index is 9.67. The molecule has 1 aromatic rings. The molecule has 0 unspecified atom stereocenters. The largest absolute Gasteiger partial charge is 0.508 e. The number of rotatable bonds is 3. The molecule has 0 saturated carbocycles. The molecule has 0 aliphatic carbocycles. The van der Waals surface area contributed by atoms with Crippen LogP contribution in [0.5, 0.6) is 5.75 Å². The molecule has 0 aromatic heterocycles. The lowest BCUT2D eigenvalue weighted by Gasteiger charge is -2.15. The van der Waals surface area contributed by atoms with E-state index in [9.17, 15) is 5.11 Å². The van der Waals surface area contributed by atoms with Crippen molar-refractivity contribution in [2.24, 2.45) is 0 Å². The van der Waals surface area contributed by atoms with Crippen LogP contribution < -0.4 is 5.73 Å². The SMILES string of the molecule is Nc1cccc(O)c1CCN1CCCC1. The lowest BCUT2D eigenvalue weighted by Crippen LogP contribution is -2.22. The van der Waals surface area contributed by atoms with Gasteiger partial charge in [-0.25, -0.2) is 0 Å². The van der Waals surface area contributed by atoms with Gasteiger partial charge in [0.1, 0.15) is 5.75 Å². The highest BCUT2D eigenvalue weighted by Crippen LogP contribution is 2.23. The summed E-state index contributed by atoms with van der Waals surface area (Å²) in [6.07, 6.45) is 3.45. The third-order valence-corrected chi connectivity index (χ3v) is 3.06. The van der Waals surface area contributed by atoms with Gasteiger partial charge in [0.25, 0.3) is 0 Å². The van der Waals surface area contributed by atoms with Crippen LogP contribution in [0.2, 0.25) is 0 Å². The number of anilines is 1. The Morgan fingerprint density at radius 3 is 2.67 bits per heavy atom. The number of nitrogen functional groups attached to an aromatic ring is 1. The normalized spacial score (nSPS) is 17.1. The van der Waals surface area contributed by atoms with Crippen molar-refractivity contribution in [3.8, 4) is 5.75 Å². The monoisotopic (exact) mass is 206 g/mol. The number of benzene rings is 1. The maximum Gasteiger partial charge on any atom is 0.120 e. The molecule has 1 aromatic carbocycles. The number of hydrogen-bond acceptors (Lipinski definition) is 3. The molecule has 15 heavy (non-hydrogen) atoms. The van der Waals surface area contributed by atoms with Crippen LogP contribution in [0.25, 0.3) is 0 Å². The summed E-state index contributed by atoms with van der Waals surface area (Å²) in [6.45, 7) is 3.38. The van der Waals surface area contributed by atoms with E-state index in [1.807, 2.05) is 6.07 Å². The van der Waals surface area contributed by atoms with E-state index in [4.69, 9.17) is 5.73 Å². The highest BCUT2D eigenvalue weighted by atomic mass is 16.3. The minimum absolute atomic E-state index is 0.328. The Balaban J connectivity index is 1.97. The molecule has 0 amide bonds. The van der Waals surface area contributed by atoms with Crippen LogP contribution in [0, 0.1) is 0 Å². The Bertz CT molecular complexity index is 312. The van der Waals surface area contributed by atoms with Crippen LogP contribution in [0.4, 0.5) is 5.69 Å². The van der Waals surface area contributed by atoms with Gasteiger partial charge in [0.05, 0.1) is 0 Å². The summed E-state index contributed by atoms with van der Waals surface area (Å²) in [6, 6.07) is 5.33. The Labute approximate surface area is 90.5 Å². The number of aromatic hydroxyl groups is 1. The van der Waals surface area contributed by atoms with Gasteiger partial charge in [-0.2, -0.15) is 0 Å². The first kappa shape index (κ1) is 10.3. The second kappa shape index (κ2) is 4.53. The summed E-state index contributed by atoms with van der Waals surface area (Å²) in [5.41, 5.74) is 7.42. The molecule has 1 aliphatic rings. The highest BCUT2D eigenvalue weighted by Gasteiger charge is 2.12. The van der Waals surface area contributed by atoms with E-state index in [1.54, 1.807) is 12.1 Å². The standard InChI is InChI=1S/C12H18N2O/c13-11-4-3-5-12(15)10(11)6-9-14-7-1-2-8-14/h3-5,15H,1-2,6-9,13H2. The van der Waals surface area contributed by atoms with Gasteiger partial charge in [0.15, 0.2) is 0 Å². The molecule has 1 heterocycles. The van der Waals surface area contributed by atoms with Gasteiger partial charge < -0.3 is 15.7 Å². The number of hydrogen-bond donors (Lipinski definition) is 2. The zero-order valence-corrected chi connectivity index (χ0v) is 8.95. The molecule has 0 bridgehead atoms. The fourth-order valence-electron chi connectivity index (χ4n) is 2.14. The molecule has 3 nitrogen and oxygen atoms in total. The summed E-state index contributed by atoms with van der Waals surface area (Å²) in [4.78, 5) is 2.42. The predicted molar refractivity (Wildman–Crippen MR) is 61.9 cm³/mol. The molecule has 3 heteroatoms. The van der Waals surface area contributed by atoms with Gasteiger partial charge in [0, 0.05) is 17.8 Å². The van der Waals surface area contributed by atoms with Crippen LogP contribution >= 0.6 is 0 Å². The first-order chi connectivity index (χ1) is 7.27. The fraction of sp³-hybridized carbons (Fsp3) is 0.500. The van der Waals surface area contributed by atoms with Gasteiger partial charge >= 0.3 is 0 Å². The van der Waals surface area contributed by atoms with E-state index in [0.717, 1.165) is 18.5 Å². The van der Waals surface area contributed by atoms with E-state index in [-0.39, 0.29) is 0 Å². The first-order valence-corrected chi connectivity index (χ1v) is 5.56. The van der Waals surface area contributed by atoms with Gasteiger partial charge in [-0.3, -0.25) is 0 Å².